The number of sulfonamides is 1. The van der Waals surface area contributed by atoms with E-state index < -0.39 is 15.8 Å². The van der Waals surface area contributed by atoms with Gasteiger partial charge < -0.3 is 9.30 Å². The van der Waals surface area contributed by atoms with Crippen LogP contribution in [0.25, 0.3) is 0 Å². The topological polar surface area (TPSA) is 86.1 Å². The molecule has 0 spiro atoms. The predicted octanol–water partition coefficient (Wildman–Crippen LogP) is 1.59. The van der Waals surface area contributed by atoms with Gasteiger partial charge in [-0.1, -0.05) is 11.6 Å². The Kier molecular flexibility index (Phi) is 6.05. The second-order valence-electron chi connectivity index (χ2n) is 4.69. The Labute approximate surface area is 138 Å². The van der Waals surface area contributed by atoms with Crippen LogP contribution in [0.4, 0.5) is 4.39 Å². The molecule has 0 fully saturated rings. The summed E-state index contributed by atoms with van der Waals surface area (Å²) in [6.45, 7) is 1.15. The largest absolute Gasteiger partial charge is 0.385 e. The Morgan fingerprint density at radius 3 is 2.91 bits per heavy atom. The first-order valence-corrected chi connectivity index (χ1v) is 8.60. The second kappa shape index (κ2) is 7.82. The minimum absolute atomic E-state index is 0.0374. The summed E-state index contributed by atoms with van der Waals surface area (Å²) in [5.41, 5.74) is 0. The van der Waals surface area contributed by atoms with Crippen molar-refractivity contribution in [2.45, 2.75) is 24.4 Å². The zero-order valence-corrected chi connectivity index (χ0v) is 13.9. The van der Waals surface area contributed by atoms with E-state index in [0.29, 0.717) is 19.0 Å². The molecule has 23 heavy (non-hydrogen) atoms. The molecule has 0 radical (unpaired) electrons. The van der Waals surface area contributed by atoms with Gasteiger partial charge in [0.2, 0.25) is 10.0 Å². The van der Waals surface area contributed by atoms with Crippen molar-refractivity contribution in [1.29, 1.82) is 0 Å². The van der Waals surface area contributed by atoms with E-state index in [1.165, 1.54) is 6.33 Å². The van der Waals surface area contributed by atoms with Crippen LogP contribution >= 0.6 is 11.6 Å². The summed E-state index contributed by atoms with van der Waals surface area (Å²) in [7, 11) is -2.22. The zero-order valence-electron chi connectivity index (χ0n) is 12.4. The van der Waals surface area contributed by atoms with Crippen LogP contribution in [-0.2, 0) is 27.8 Å². The fourth-order valence-electron chi connectivity index (χ4n) is 1.87. The molecule has 1 heterocycles. The van der Waals surface area contributed by atoms with Crippen molar-refractivity contribution in [3.05, 3.63) is 41.2 Å². The van der Waals surface area contributed by atoms with Gasteiger partial charge in [0.1, 0.15) is 18.0 Å². The van der Waals surface area contributed by atoms with Crippen molar-refractivity contribution in [3.63, 3.8) is 0 Å². The summed E-state index contributed by atoms with van der Waals surface area (Å²) in [6.07, 6.45) is 2.27. The van der Waals surface area contributed by atoms with Crippen molar-refractivity contribution in [1.82, 2.24) is 19.5 Å². The van der Waals surface area contributed by atoms with Crippen LogP contribution in [0.15, 0.2) is 29.4 Å². The number of methoxy groups -OCH3 is 1. The number of hydrogen-bond donors (Lipinski definition) is 1. The van der Waals surface area contributed by atoms with E-state index in [0.717, 1.165) is 24.6 Å². The minimum atomic E-state index is -3.82. The highest BCUT2D eigenvalue weighted by molar-refractivity contribution is 7.89. The monoisotopic (exact) mass is 362 g/mol. The molecule has 0 saturated heterocycles. The lowest BCUT2D eigenvalue weighted by Gasteiger charge is -2.09. The summed E-state index contributed by atoms with van der Waals surface area (Å²) < 4.78 is 46.6. The number of aryl methyl sites for hydroxylation is 1. The molecule has 0 aliphatic heterocycles. The van der Waals surface area contributed by atoms with Gasteiger partial charge >= 0.3 is 0 Å². The maximum Gasteiger partial charge on any atom is 0.241 e. The molecule has 0 bridgehead atoms. The van der Waals surface area contributed by atoms with Gasteiger partial charge in [-0.25, -0.2) is 17.5 Å². The van der Waals surface area contributed by atoms with E-state index in [1.807, 2.05) is 0 Å². The third-order valence-electron chi connectivity index (χ3n) is 3.06. The smallest absolute Gasteiger partial charge is 0.241 e. The molecule has 0 atom stereocenters. The van der Waals surface area contributed by atoms with Crippen molar-refractivity contribution in [2.75, 3.05) is 13.7 Å². The maximum absolute atomic E-state index is 13.1. The molecule has 1 aromatic carbocycles. The fourth-order valence-corrected chi connectivity index (χ4v) is 3.12. The van der Waals surface area contributed by atoms with Crippen LogP contribution in [0.1, 0.15) is 12.2 Å². The van der Waals surface area contributed by atoms with Gasteiger partial charge in [-0.3, -0.25) is 0 Å². The Hall–Kier alpha value is -1.55. The van der Waals surface area contributed by atoms with Gasteiger partial charge in [0.05, 0.1) is 16.5 Å². The maximum atomic E-state index is 13.1. The molecule has 10 heteroatoms. The highest BCUT2D eigenvalue weighted by atomic mass is 35.5. The summed E-state index contributed by atoms with van der Waals surface area (Å²) >= 11 is 5.61. The third-order valence-corrected chi connectivity index (χ3v) is 4.75. The molecule has 0 amide bonds. The van der Waals surface area contributed by atoms with E-state index in [1.54, 1.807) is 11.7 Å². The van der Waals surface area contributed by atoms with Gasteiger partial charge in [0.25, 0.3) is 0 Å². The van der Waals surface area contributed by atoms with Crippen LogP contribution in [0.3, 0.4) is 0 Å². The van der Waals surface area contributed by atoms with Crippen molar-refractivity contribution in [2.24, 2.45) is 0 Å². The normalized spacial score (nSPS) is 11.8. The van der Waals surface area contributed by atoms with E-state index in [-0.39, 0.29) is 16.5 Å². The number of rotatable bonds is 8. The number of nitrogens with zero attached hydrogens (tertiary/aromatic N) is 3. The average molecular weight is 363 g/mol. The molecule has 0 aliphatic rings. The highest BCUT2D eigenvalue weighted by Crippen LogP contribution is 2.19. The predicted molar refractivity (Wildman–Crippen MR) is 82.0 cm³/mol. The molecule has 0 aliphatic carbocycles. The van der Waals surface area contributed by atoms with Crippen LogP contribution < -0.4 is 4.72 Å². The number of nitrogens with one attached hydrogen (secondary N) is 1. The average Bonchev–Trinajstić information content (AvgIpc) is 2.96. The van der Waals surface area contributed by atoms with E-state index in [9.17, 15) is 12.8 Å². The summed E-state index contributed by atoms with van der Waals surface area (Å²) in [5, 5.41) is 7.40. The third kappa shape index (κ3) is 4.71. The molecule has 126 valence electrons. The molecule has 1 N–H and O–H groups in total. The zero-order chi connectivity index (χ0) is 16.9. The van der Waals surface area contributed by atoms with Crippen LogP contribution in [0.5, 0.6) is 0 Å². The number of benzene rings is 1. The Balaban J connectivity index is 2.05. The Bertz CT molecular complexity index is 766. The molecule has 7 nitrogen and oxygen atoms in total. The van der Waals surface area contributed by atoms with Crippen molar-refractivity contribution < 1.29 is 17.5 Å². The molecular formula is C13H16ClFN4O3S. The molecule has 2 rings (SSSR count). The second-order valence-corrected chi connectivity index (χ2v) is 6.86. The SMILES string of the molecule is COCCCn1cnnc1CNS(=O)(=O)c1ccc(F)c(Cl)c1. The fraction of sp³-hybridized carbons (Fsp3) is 0.385. The molecule has 2 aromatic rings. The lowest BCUT2D eigenvalue weighted by molar-refractivity contribution is 0.190. The van der Waals surface area contributed by atoms with Gasteiger partial charge in [-0.15, -0.1) is 10.2 Å². The van der Waals surface area contributed by atoms with E-state index >= 15 is 0 Å². The minimum Gasteiger partial charge on any atom is -0.385 e. The quantitative estimate of drug-likeness (QED) is 0.720. The molecular weight excluding hydrogens is 347 g/mol. The molecule has 1 aromatic heterocycles. The summed E-state index contributed by atoms with van der Waals surface area (Å²) in [6, 6.07) is 3.21. The number of ether oxygens (including phenoxy) is 1. The summed E-state index contributed by atoms with van der Waals surface area (Å²) in [5.74, 6) is -0.207. The molecule has 0 unspecified atom stereocenters. The first-order chi connectivity index (χ1) is 10.9. The van der Waals surface area contributed by atoms with Gasteiger partial charge in [0, 0.05) is 20.3 Å². The van der Waals surface area contributed by atoms with Gasteiger partial charge in [0.15, 0.2) is 0 Å². The molecule has 0 saturated carbocycles. The summed E-state index contributed by atoms with van der Waals surface area (Å²) in [4.78, 5) is -0.116. The lowest BCUT2D eigenvalue weighted by Crippen LogP contribution is -2.25. The standard InChI is InChI=1S/C13H16ClFN4O3S/c1-22-6-2-5-19-9-16-18-13(19)8-17-23(20,21)10-3-4-12(15)11(14)7-10/h3-4,7,9,17H,2,5-6,8H2,1H3. The van der Waals surface area contributed by atoms with Crippen molar-refractivity contribution >= 4 is 21.6 Å². The van der Waals surface area contributed by atoms with Crippen LogP contribution in [0, 0.1) is 5.82 Å². The Morgan fingerprint density at radius 2 is 2.22 bits per heavy atom. The number of aromatic nitrogens is 3. The van der Waals surface area contributed by atoms with E-state index in [2.05, 4.69) is 14.9 Å². The Morgan fingerprint density at radius 1 is 1.43 bits per heavy atom. The lowest BCUT2D eigenvalue weighted by atomic mass is 10.3. The number of halogens is 2. The van der Waals surface area contributed by atoms with Crippen LogP contribution in [-0.4, -0.2) is 36.9 Å². The van der Waals surface area contributed by atoms with Crippen molar-refractivity contribution in [3.8, 4) is 0 Å². The number of hydrogen-bond acceptors (Lipinski definition) is 5. The van der Waals surface area contributed by atoms with Gasteiger partial charge in [-0.05, 0) is 24.6 Å². The first kappa shape index (κ1) is 17.8. The first-order valence-electron chi connectivity index (χ1n) is 6.74. The van der Waals surface area contributed by atoms with E-state index in [4.69, 9.17) is 16.3 Å². The van der Waals surface area contributed by atoms with Gasteiger partial charge in [-0.2, -0.15) is 0 Å². The van der Waals surface area contributed by atoms with Crippen LogP contribution in [0.2, 0.25) is 5.02 Å². The highest BCUT2D eigenvalue weighted by Gasteiger charge is 2.17.